The van der Waals surface area contributed by atoms with E-state index in [9.17, 15) is 5.11 Å². The van der Waals surface area contributed by atoms with Gasteiger partial charge in [-0.15, -0.1) is 0 Å². The van der Waals surface area contributed by atoms with Crippen LogP contribution in [0.25, 0.3) is 0 Å². The van der Waals surface area contributed by atoms with Crippen LogP contribution in [0.3, 0.4) is 0 Å². The van der Waals surface area contributed by atoms with Crippen molar-refractivity contribution in [1.29, 1.82) is 0 Å². The molecule has 4 nitrogen and oxygen atoms in total. The zero-order chi connectivity index (χ0) is 11.5. The molecule has 0 aromatic carbocycles. The first-order chi connectivity index (χ1) is 7.76. The summed E-state index contributed by atoms with van der Waals surface area (Å²) < 4.78 is 10.4. The van der Waals surface area contributed by atoms with Crippen LogP contribution in [-0.2, 0) is 6.42 Å². The summed E-state index contributed by atoms with van der Waals surface area (Å²) in [5.41, 5.74) is 1.74. The number of ether oxygens (including phenoxy) is 2. The largest absolute Gasteiger partial charge is 0.496 e. The molecule has 1 unspecified atom stereocenters. The Balaban J connectivity index is 2.51. The highest BCUT2D eigenvalue weighted by Gasteiger charge is 2.22. The van der Waals surface area contributed by atoms with Crippen LogP contribution in [-0.4, -0.2) is 24.3 Å². The van der Waals surface area contributed by atoms with Gasteiger partial charge < -0.3 is 14.6 Å². The van der Waals surface area contributed by atoms with E-state index in [1.165, 1.54) is 0 Å². The molecule has 0 aliphatic heterocycles. The van der Waals surface area contributed by atoms with E-state index in [4.69, 9.17) is 9.47 Å². The first-order valence-electron chi connectivity index (χ1n) is 5.56. The summed E-state index contributed by atoms with van der Waals surface area (Å²) in [5, 5.41) is 10.0. The van der Waals surface area contributed by atoms with Gasteiger partial charge in [-0.2, -0.15) is 0 Å². The lowest BCUT2D eigenvalue weighted by atomic mass is 10.1. The Bertz CT molecular complexity index is 379. The summed E-state index contributed by atoms with van der Waals surface area (Å²) in [5.74, 6) is 1.26. The van der Waals surface area contributed by atoms with Crippen molar-refractivity contribution in [3.05, 3.63) is 17.3 Å². The summed E-state index contributed by atoms with van der Waals surface area (Å²) >= 11 is 0. The lowest BCUT2D eigenvalue weighted by molar-refractivity contribution is 0.160. The molecule has 4 heteroatoms. The molecular weight excluding hydrogens is 206 g/mol. The summed E-state index contributed by atoms with van der Waals surface area (Å²) in [7, 11) is 3.20. The number of hydrogen-bond donors (Lipinski definition) is 1. The first kappa shape index (κ1) is 11.2. The number of rotatable bonds is 2. The van der Waals surface area contributed by atoms with Crippen molar-refractivity contribution >= 4 is 0 Å². The Morgan fingerprint density at radius 1 is 1.31 bits per heavy atom. The average Bonchev–Trinajstić information content (AvgIpc) is 2.50. The van der Waals surface area contributed by atoms with Crippen molar-refractivity contribution in [2.24, 2.45) is 0 Å². The highest BCUT2D eigenvalue weighted by Crippen LogP contribution is 2.35. The fourth-order valence-electron chi connectivity index (χ4n) is 2.13. The molecule has 0 saturated carbocycles. The van der Waals surface area contributed by atoms with E-state index in [1.807, 2.05) is 0 Å². The van der Waals surface area contributed by atoms with Crippen LogP contribution in [0.4, 0.5) is 0 Å². The van der Waals surface area contributed by atoms with E-state index in [0.29, 0.717) is 11.6 Å². The Morgan fingerprint density at radius 3 is 2.81 bits per heavy atom. The predicted molar refractivity (Wildman–Crippen MR) is 59.9 cm³/mol. The lowest BCUT2D eigenvalue weighted by Gasteiger charge is -2.15. The molecule has 0 bridgehead atoms. The summed E-state index contributed by atoms with van der Waals surface area (Å²) in [6.07, 6.45) is 3.25. The Morgan fingerprint density at radius 2 is 2.12 bits per heavy atom. The van der Waals surface area contributed by atoms with Crippen LogP contribution in [0.15, 0.2) is 6.07 Å². The zero-order valence-corrected chi connectivity index (χ0v) is 9.69. The van der Waals surface area contributed by atoms with Crippen molar-refractivity contribution < 1.29 is 14.6 Å². The van der Waals surface area contributed by atoms with Gasteiger partial charge in [0.15, 0.2) is 0 Å². The van der Waals surface area contributed by atoms with E-state index in [1.54, 1.807) is 20.3 Å². The fraction of sp³-hybridized carbons (Fsp3) is 0.583. The van der Waals surface area contributed by atoms with E-state index >= 15 is 0 Å². The zero-order valence-electron chi connectivity index (χ0n) is 9.69. The Kier molecular flexibility index (Phi) is 3.29. The number of fused-ring (bicyclic) bond motifs is 1. The van der Waals surface area contributed by atoms with Gasteiger partial charge in [-0.25, -0.2) is 4.98 Å². The lowest BCUT2D eigenvalue weighted by Crippen LogP contribution is -2.06. The van der Waals surface area contributed by atoms with Crippen molar-refractivity contribution in [1.82, 2.24) is 4.98 Å². The molecule has 0 amide bonds. The molecule has 16 heavy (non-hydrogen) atoms. The number of aliphatic hydroxyl groups excluding tert-OH is 1. The van der Waals surface area contributed by atoms with E-state index < -0.39 is 6.10 Å². The third kappa shape index (κ3) is 1.97. The number of methoxy groups -OCH3 is 2. The van der Waals surface area contributed by atoms with E-state index in [0.717, 1.165) is 37.0 Å². The van der Waals surface area contributed by atoms with E-state index in [-0.39, 0.29) is 0 Å². The van der Waals surface area contributed by atoms with Crippen LogP contribution < -0.4 is 9.47 Å². The van der Waals surface area contributed by atoms with Gasteiger partial charge in [0.05, 0.1) is 26.0 Å². The number of aliphatic hydroxyl groups is 1. The molecule has 0 saturated heterocycles. The third-order valence-electron chi connectivity index (χ3n) is 2.99. The quantitative estimate of drug-likeness (QED) is 0.777. The number of pyridine rings is 1. The van der Waals surface area contributed by atoms with Gasteiger partial charge in [0.2, 0.25) is 5.88 Å². The SMILES string of the molecule is COc1cc(OC)c2c(n1)C(O)CCCC2. The summed E-state index contributed by atoms with van der Waals surface area (Å²) in [6.45, 7) is 0. The summed E-state index contributed by atoms with van der Waals surface area (Å²) in [6, 6.07) is 1.77. The molecule has 1 aliphatic carbocycles. The molecule has 0 radical (unpaired) electrons. The molecule has 0 spiro atoms. The van der Waals surface area contributed by atoms with Crippen LogP contribution in [0.1, 0.15) is 36.6 Å². The number of aromatic nitrogens is 1. The molecule has 0 fully saturated rings. The van der Waals surface area contributed by atoms with Gasteiger partial charge in [0.25, 0.3) is 0 Å². The Hall–Kier alpha value is -1.29. The maximum absolute atomic E-state index is 10.0. The molecular formula is C12H17NO3. The molecule has 1 aromatic rings. The average molecular weight is 223 g/mol. The highest BCUT2D eigenvalue weighted by molar-refractivity contribution is 5.42. The smallest absolute Gasteiger partial charge is 0.217 e. The maximum Gasteiger partial charge on any atom is 0.217 e. The minimum absolute atomic E-state index is 0.497. The molecule has 1 aromatic heterocycles. The second-order valence-corrected chi connectivity index (χ2v) is 3.99. The first-order valence-corrected chi connectivity index (χ1v) is 5.56. The standard InChI is InChI=1S/C12H17NO3/c1-15-10-7-11(16-2)13-12-8(10)5-3-4-6-9(12)14/h7,9,14H,3-6H2,1-2H3. The van der Waals surface area contributed by atoms with Crippen LogP contribution in [0.5, 0.6) is 11.6 Å². The predicted octanol–water partition coefficient (Wildman–Crippen LogP) is 1.86. The van der Waals surface area contributed by atoms with Crippen molar-refractivity contribution in [3.63, 3.8) is 0 Å². The monoisotopic (exact) mass is 223 g/mol. The van der Waals surface area contributed by atoms with Gasteiger partial charge in [-0.05, 0) is 19.3 Å². The highest BCUT2D eigenvalue weighted by atomic mass is 16.5. The second-order valence-electron chi connectivity index (χ2n) is 3.99. The second kappa shape index (κ2) is 4.70. The third-order valence-corrected chi connectivity index (χ3v) is 2.99. The minimum atomic E-state index is -0.499. The Labute approximate surface area is 95.2 Å². The van der Waals surface area contributed by atoms with Crippen molar-refractivity contribution in [3.8, 4) is 11.6 Å². The molecule has 1 aliphatic rings. The molecule has 2 rings (SSSR count). The van der Waals surface area contributed by atoms with Gasteiger partial charge in [0, 0.05) is 11.6 Å². The van der Waals surface area contributed by atoms with Gasteiger partial charge >= 0.3 is 0 Å². The van der Waals surface area contributed by atoms with Gasteiger partial charge in [0.1, 0.15) is 5.75 Å². The minimum Gasteiger partial charge on any atom is -0.496 e. The van der Waals surface area contributed by atoms with Crippen LogP contribution in [0, 0.1) is 0 Å². The maximum atomic E-state index is 10.0. The number of nitrogens with zero attached hydrogens (tertiary/aromatic N) is 1. The summed E-state index contributed by atoms with van der Waals surface area (Å²) in [4.78, 5) is 4.33. The fourth-order valence-corrected chi connectivity index (χ4v) is 2.13. The normalized spacial score (nSPS) is 19.8. The molecule has 88 valence electrons. The molecule has 1 heterocycles. The number of hydrogen-bond acceptors (Lipinski definition) is 4. The van der Waals surface area contributed by atoms with Crippen molar-refractivity contribution in [2.75, 3.05) is 14.2 Å². The van der Waals surface area contributed by atoms with E-state index in [2.05, 4.69) is 4.98 Å². The van der Waals surface area contributed by atoms with Crippen molar-refractivity contribution in [2.45, 2.75) is 31.8 Å². The molecule has 1 N–H and O–H groups in total. The van der Waals surface area contributed by atoms with Gasteiger partial charge in [-0.3, -0.25) is 0 Å². The van der Waals surface area contributed by atoms with Crippen LogP contribution >= 0.6 is 0 Å². The molecule has 1 atom stereocenters. The van der Waals surface area contributed by atoms with Crippen LogP contribution in [0.2, 0.25) is 0 Å². The topological polar surface area (TPSA) is 51.6 Å². The van der Waals surface area contributed by atoms with Gasteiger partial charge in [-0.1, -0.05) is 6.42 Å².